The predicted octanol–water partition coefficient (Wildman–Crippen LogP) is 1.61. The molecule has 1 aromatic rings. The zero-order chi connectivity index (χ0) is 14.4. The van der Waals surface area contributed by atoms with Gasteiger partial charge in [-0.1, -0.05) is 25.1 Å². The lowest BCUT2D eigenvalue weighted by Gasteiger charge is -2.28. The van der Waals surface area contributed by atoms with Crippen molar-refractivity contribution in [1.29, 1.82) is 0 Å². The van der Waals surface area contributed by atoms with E-state index in [-0.39, 0.29) is 23.9 Å². The lowest BCUT2D eigenvalue weighted by Crippen LogP contribution is -2.44. The normalized spacial score (nSPS) is 15.4. The number of nitrogens with one attached hydrogen (secondary N) is 1. The van der Waals surface area contributed by atoms with Gasteiger partial charge in [-0.15, -0.1) is 0 Å². The highest BCUT2D eigenvalue weighted by Gasteiger charge is 2.18. The van der Waals surface area contributed by atoms with Crippen LogP contribution in [0.25, 0.3) is 0 Å². The number of hydrogen-bond acceptors (Lipinski definition) is 3. The molecule has 1 amide bonds. The lowest BCUT2D eigenvalue weighted by molar-refractivity contribution is -0.124. The van der Waals surface area contributed by atoms with Gasteiger partial charge in [-0.05, 0) is 26.0 Å². The number of para-hydroxylation sites is 1. The van der Waals surface area contributed by atoms with Gasteiger partial charge >= 0.3 is 0 Å². The maximum absolute atomic E-state index is 11.8. The van der Waals surface area contributed by atoms with E-state index in [9.17, 15) is 4.79 Å². The molecule has 0 heterocycles. The fraction of sp³-hybridized carbons (Fsp3) is 0.533. The molecule has 19 heavy (non-hydrogen) atoms. The van der Waals surface area contributed by atoms with E-state index < -0.39 is 0 Å². The Kier molecular flexibility index (Phi) is 5.83. The van der Waals surface area contributed by atoms with E-state index in [4.69, 9.17) is 5.73 Å². The minimum absolute atomic E-state index is 0.0170. The largest absolute Gasteiger partial charge is 0.370 e. The molecule has 0 saturated carbocycles. The van der Waals surface area contributed by atoms with E-state index in [0.717, 1.165) is 5.69 Å². The van der Waals surface area contributed by atoms with Crippen LogP contribution in [0.3, 0.4) is 0 Å². The van der Waals surface area contributed by atoms with Crippen LogP contribution in [-0.2, 0) is 4.79 Å². The van der Waals surface area contributed by atoms with Gasteiger partial charge in [-0.3, -0.25) is 4.79 Å². The van der Waals surface area contributed by atoms with Crippen LogP contribution in [0.1, 0.15) is 20.8 Å². The first-order valence-electron chi connectivity index (χ1n) is 6.74. The number of benzene rings is 1. The molecule has 4 heteroatoms. The molecular formula is C15H25N3O. The molecule has 0 radical (unpaired) electrons. The number of likely N-dealkylation sites (N-methyl/N-ethyl adjacent to an activating group) is 1. The molecule has 0 bridgehead atoms. The number of anilines is 1. The van der Waals surface area contributed by atoms with Gasteiger partial charge < -0.3 is 16.0 Å². The summed E-state index contributed by atoms with van der Waals surface area (Å²) in [6.07, 6.45) is 0. The summed E-state index contributed by atoms with van der Waals surface area (Å²) in [5.41, 5.74) is 6.87. The third-order valence-electron chi connectivity index (χ3n) is 3.60. The van der Waals surface area contributed by atoms with Crippen LogP contribution in [-0.4, -0.2) is 31.6 Å². The van der Waals surface area contributed by atoms with Gasteiger partial charge in [0.1, 0.15) is 0 Å². The third kappa shape index (κ3) is 4.56. The Labute approximate surface area is 116 Å². The summed E-state index contributed by atoms with van der Waals surface area (Å²) in [7, 11) is 2.03. The number of nitrogens with two attached hydrogens (primary N) is 1. The Bertz CT molecular complexity index is 392. The molecule has 1 rings (SSSR count). The van der Waals surface area contributed by atoms with Gasteiger partial charge in [-0.25, -0.2) is 0 Å². The molecule has 1 aromatic carbocycles. The molecule has 0 aliphatic rings. The van der Waals surface area contributed by atoms with Crippen molar-refractivity contribution in [3.8, 4) is 0 Å². The van der Waals surface area contributed by atoms with Crippen molar-refractivity contribution >= 4 is 11.6 Å². The Balaban J connectivity index is 2.47. The molecule has 3 N–H and O–H groups in total. The summed E-state index contributed by atoms with van der Waals surface area (Å²) < 4.78 is 0. The minimum atomic E-state index is -0.158. The topological polar surface area (TPSA) is 58.4 Å². The molecule has 0 aromatic heterocycles. The predicted molar refractivity (Wildman–Crippen MR) is 80.1 cm³/mol. The molecular weight excluding hydrogens is 238 g/mol. The first kappa shape index (κ1) is 15.5. The maximum atomic E-state index is 11.8. The SMILES string of the molecule is CC(N)C(C)C(=O)NCC(C)N(C)c1ccccc1. The second kappa shape index (κ2) is 7.14. The number of carbonyl (C=O) groups is 1. The summed E-state index contributed by atoms with van der Waals surface area (Å²) in [5, 5.41) is 2.95. The second-order valence-corrected chi connectivity index (χ2v) is 5.19. The van der Waals surface area contributed by atoms with E-state index in [0.29, 0.717) is 6.54 Å². The van der Waals surface area contributed by atoms with Crippen LogP contribution in [0, 0.1) is 5.92 Å². The number of amides is 1. The van der Waals surface area contributed by atoms with Crippen molar-refractivity contribution in [3.05, 3.63) is 30.3 Å². The number of hydrogen-bond donors (Lipinski definition) is 2. The van der Waals surface area contributed by atoms with Gasteiger partial charge in [0.25, 0.3) is 0 Å². The highest BCUT2D eigenvalue weighted by molar-refractivity contribution is 5.79. The minimum Gasteiger partial charge on any atom is -0.370 e. The molecule has 0 saturated heterocycles. The molecule has 3 atom stereocenters. The number of carbonyl (C=O) groups excluding carboxylic acids is 1. The van der Waals surface area contributed by atoms with Crippen molar-refractivity contribution in [2.45, 2.75) is 32.9 Å². The van der Waals surface area contributed by atoms with Gasteiger partial charge in [0, 0.05) is 37.3 Å². The molecule has 0 aliphatic heterocycles. The van der Waals surface area contributed by atoms with E-state index in [2.05, 4.69) is 29.3 Å². The molecule has 0 fully saturated rings. The van der Waals surface area contributed by atoms with Crippen molar-refractivity contribution in [1.82, 2.24) is 5.32 Å². The highest BCUT2D eigenvalue weighted by atomic mass is 16.1. The van der Waals surface area contributed by atoms with Crippen LogP contribution >= 0.6 is 0 Å². The number of rotatable bonds is 6. The highest BCUT2D eigenvalue weighted by Crippen LogP contribution is 2.13. The second-order valence-electron chi connectivity index (χ2n) is 5.19. The average molecular weight is 263 g/mol. The van der Waals surface area contributed by atoms with E-state index in [1.807, 2.05) is 39.1 Å². The lowest BCUT2D eigenvalue weighted by atomic mass is 10.0. The summed E-state index contributed by atoms with van der Waals surface area (Å²) in [6, 6.07) is 10.2. The molecule has 4 nitrogen and oxygen atoms in total. The van der Waals surface area contributed by atoms with Crippen LogP contribution in [0.15, 0.2) is 30.3 Å². The molecule has 0 aliphatic carbocycles. The van der Waals surface area contributed by atoms with Crippen LogP contribution in [0.5, 0.6) is 0 Å². The van der Waals surface area contributed by atoms with Gasteiger partial charge in [0.2, 0.25) is 5.91 Å². The van der Waals surface area contributed by atoms with Gasteiger partial charge in [0.05, 0.1) is 0 Å². The smallest absolute Gasteiger partial charge is 0.224 e. The van der Waals surface area contributed by atoms with Gasteiger partial charge in [-0.2, -0.15) is 0 Å². The quantitative estimate of drug-likeness (QED) is 0.820. The van der Waals surface area contributed by atoms with Crippen molar-refractivity contribution in [2.75, 3.05) is 18.5 Å². The fourth-order valence-corrected chi connectivity index (χ4v) is 1.70. The zero-order valence-corrected chi connectivity index (χ0v) is 12.3. The summed E-state index contributed by atoms with van der Waals surface area (Å²) in [4.78, 5) is 14.0. The van der Waals surface area contributed by atoms with Crippen LogP contribution in [0.4, 0.5) is 5.69 Å². The first-order chi connectivity index (χ1) is 8.93. The monoisotopic (exact) mass is 263 g/mol. The summed E-state index contributed by atoms with van der Waals surface area (Å²) >= 11 is 0. The van der Waals surface area contributed by atoms with E-state index >= 15 is 0 Å². The first-order valence-corrected chi connectivity index (χ1v) is 6.74. The van der Waals surface area contributed by atoms with Gasteiger partial charge in [0.15, 0.2) is 0 Å². The fourth-order valence-electron chi connectivity index (χ4n) is 1.70. The zero-order valence-electron chi connectivity index (χ0n) is 12.3. The van der Waals surface area contributed by atoms with Crippen molar-refractivity contribution in [3.63, 3.8) is 0 Å². The number of nitrogens with zero attached hydrogens (tertiary/aromatic N) is 1. The Morgan fingerprint density at radius 2 is 1.84 bits per heavy atom. The van der Waals surface area contributed by atoms with E-state index in [1.165, 1.54) is 0 Å². The maximum Gasteiger partial charge on any atom is 0.224 e. The Morgan fingerprint density at radius 1 is 1.26 bits per heavy atom. The average Bonchev–Trinajstić information content (AvgIpc) is 2.43. The van der Waals surface area contributed by atoms with Crippen LogP contribution in [0.2, 0.25) is 0 Å². The molecule has 3 unspecified atom stereocenters. The third-order valence-corrected chi connectivity index (χ3v) is 3.60. The van der Waals surface area contributed by atoms with Crippen LogP contribution < -0.4 is 16.0 Å². The summed E-state index contributed by atoms with van der Waals surface area (Å²) in [5.74, 6) is -0.141. The standard InChI is InChI=1S/C15H25N3O/c1-11(10-17-15(19)12(2)13(3)16)18(4)14-8-6-5-7-9-14/h5-9,11-13H,10,16H2,1-4H3,(H,17,19). The van der Waals surface area contributed by atoms with Crippen molar-refractivity contribution in [2.24, 2.45) is 11.7 Å². The Hall–Kier alpha value is -1.55. The summed E-state index contributed by atoms with van der Waals surface area (Å²) in [6.45, 7) is 6.40. The Morgan fingerprint density at radius 3 is 2.37 bits per heavy atom. The molecule has 0 spiro atoms. The molecule has 106 valence electrons. The van der Waals surface area contributed by atoms with Crippen molar-refractivity contribution < 1.29 is 4.79 Å². The van der Waals surface area contributed by atoms with E-state index in [1.54, 1.807) is 0 Å².